The van der Waals surface area contributed by atoms with Gasteiger partial charge in [-0.1, -0.05) is 30.3 Å². The summed E-state index contributed by atoms with van der Waals surface area (Å²) in [6, 6.07) is 4.96. The molecular weight excluding hydrogens is 433 g/mol. The summed E-state index contributed by atoms with van der Waals surface area (Å²) in [5.41, 5.74) is 0.291. The smallest absolute Gasteiger partial charge is 0.225 e. The van der Waals surface area contributed by atoms with Crippen molar-refractivity contribution in [3.05, 3.63) is 29.0 Å². The lowest BCUT2D eigenvalue weighted by atomic mass is 9.54. The molecule has 4 aliphatic carbocycles. The van der Waals surface area contributed by atoms with Crippen molar-refractivity contribution >= 4 is 40.1 Å². The quantitative estimate of drug-likeness (QED) is 0.553. The molecular formula is C24H31ClFN3OS. The molecule has 7 heteroatoms. The van der Waals surface area contributed by atoms with Crippen molar-refractivity contribution in [2.24, 2.45) is 28.7 Å². The van der Waals surface area contributed by atoms with Gasteiger partial charge in [-0.25, -0.2) is 4.39 Å². The van der Waals surface area contributed by atoms with Gasteiger partial charge < -0.3 is 4.90 Å². The fraction of sp³-hybridized carbons (Fsp3) is 0.667. The first-order valence-electron chi connectivity index (χ1n) is 11.7. The number of anilines is 1. The van der Waals surface area contributed by atoms with Crippen LogP contribution in [0, 0.1) is 29.5 Å². The molecule has 1 heterocycles. The molecule has 1 saturated heterocycles. The second-order valence-electron chi connectivity index (χ2n) is 9.80. The Balaban J connectivity index is 1.44. The molecule has 0 aromatic heterocycles. The van der Waals surface area contributed by atoms with Gasteiger partial charge in [-0.2, -0.15) is 0 Å². The van der Waals surface area contributed by atoms with Gasteiger partial charge in [-0.3, -0.25) is 14.7 Å². The van der Waals surface area contributed by atoms with Crippen molar-refractivity contribution in [1.82, 2.24) is 4.90 Å². The van der Waals surface area contributed by atoms with Gasteiger partial charge >= 0.3 is 0 Å². The number of hydrogen-bond acceptors (Lipinski definition) is 3. The van der Waals surface area contributed by atoms with E-state index in [1.807, 2.05) is 0 Å². The van der Waals surface area contributed by atoms with Crippen molar-refractivity contribution < 1.29 is 9.18 Å². The second kappa shape index (κ2) is 8.58. The minimum Gasteiger partial charge on any atom is -0.330 e. The number of thioether (sulfide) groups is 1. The molecule has 0 radical (unpaired) electrons. The van der Waals surface area contributed by atoms with E-state index in [4.69, 9.17) is 16.6 Å². The Labute approximate surface area is 193 Å². The number of carbonyl (C=O) groups excluding carboxylic acids is 1. The Morgan fingerprint density at radius 2 is 1.90 bits per heavy atom. The molecule has 31 heavy (non-hydrogen) atoms. The van der Waals surface area contributed by atoms with Crippen molar-refractivity contribution in [2.45, 2.75) is 64.6 Å². The summed E-state index contributed by atoms with van der Waals surface area (Å²) in [6.45, 7) is 4.46. The molecule has 0 spiro atoms. The number of amidine groups is 1. The van der Waals surface area contributed by atoms with E-state index in [2.05, 4.69) is 11.8 Å². The fourth-order valence-electron chi connectivity index (χ4n) is 6.71. The molecule has 1 amide bonds. The Morgan fingerprint density at radius 3 is 2.48 bits per heavy atom. The molecule has 6 rings (SSSR count). The van der Waals surface area contributed by atoms with E-state index in [9.17, 15) is 9.18 Å². The van der Waals surface area contributed by atoms with E-state index in [1.54, 1.807) is 28.8 Å². The molecule has 1 unspecified atom stereocenters. The van der Waals surface area contributed by atoms with Crippen LogP contribution in [0.4, 0.5) is 10.1 Å². The van der Waals surface area contributed by atoms with Gasteiger partial charge in [0.05, 0.1) is 11.7 Å². The highest BCUT2D eigenvalue weighted by Crippen LogP contribution is 2.55. The topological polar surface area (TPSA) is 35.9 Å². The summed E-state index contributed by atoms with van der Waals surface area (Å²) in [5.74, 6) is 3.38. The summed E-state index contributed by atoms with van der Waals surface area (Å²) in [5, 5.41) is 1.38. The predicted octanol–water partition coefficient (Wildman–Crippen LogP) is 5.80. The molecule has 168 valence electrons. The van der Waals surface area contributed by atoms with Crippen LogP contribution in [-0.4, -0.2) is 40.5 Å². The van der Waals surface area contributed by atoms with E-state index in [0.717, 1.165) is 41.8 Å². The lowest BCUT2D eigenvalue weighted by Gasteiger charge is -2.53. The standard InChI is InChI=1S/C24H31ClFN3OS/c1-3-6-28-22(29(14(2)30)21-5-4-19(25)12-20(21)26)13-31-24(28)27-23-17-8-15-7-16(10-17)11-18(23)9-15/h4-5,12,15-18,22-23H,3,6-11,13H2,1-2H3. The van der Waals surface area contributed by atoms with Gasteiger partial charge in [0.25, 0.3) is 0 Å². The minimum absolute atomic E-state index is 0.163. The van der Waals surface area contributed by atoms with Crippen LogP contribution >= 0.6 is 23.4 Å². The van der Waals surface area contributed by atoms with Crippen LogP contribution in [0.15, 0.2) is 23.2 Å². The second-order valence-corrected chi connectivity index (χ2v) is 11.2. The molecule has 4 bridgehead atoms. The SMILES string of the molecule is CCCN1C(=NC2C3CC4CC(C3)CC2C4)SCC1N(C(C)=O)c1ccc(Cl)cc1F. The Bertz CT molecular complexity index is 866. The van der Waals surface area contributed by atoms with Crippen LogP contribution in [0.2, 0.25) is 5.02 Å². The lowest BCUT2D eigenvalue weighted by Crippen LogP contribution is -2.51. The Kier molecular flexibility index (Phi) is 5.97. The fourth-order valence-corrected chi connectivity index (χ4v) is 8.07. The molecule has 5 aliphatic rings. The zero-order chi connectivity index (χ0) is 21.7. The van der Waals surface area contributed by atoms with E-state index in [0.29, 0.717) is 22.5 Å². The average molecular weight is 464 g/mol. The van der Waals surface area contributed by atoms with Gasteiger partial charge in [-0.15, -0.1) is 0 Å². The summed E-state index contributed by atoms with van der Waals surface area (Å²) < 4.78 is 14.8. The maximum absolute atomic E-state index is 14.8. The maximum atomic E-state index is 14.8. The third-order valence-corrected chi connectivity index (χ3v) is 8.97. The van der Waals surface area contributed by atoms with Gasteiger partial charge in [0.15, 0.2) is 5.17 Å². The minimum atomic E-state index is -0.462. The van der Waals surface area contributed by atoms with Crippen molar-refractivity contribution in [3.8, 4) is 0 Å². The number of carbonyl (C=O) groups is 1. The molecule has 1 atom stereocenters. The van der Waals surface area contributed by atoms with Crippen molar-refractivity contribution in [3.63, 3.8) is 0 Å². The molecule has 4 nitrogen and oxygen atoms in total. The molecule has 1 aromatic rings. The van der Waals surface area contributed by atoms with E-state index in [1.165, 1.54) is 45.1 Å². The predicted molar refractivity (Wildman–Crippen MR) is 126 cm³/mol. The number of aliphatic imine (C=N–C) groups is 1. The van der Waals surface area contributed by atoms with E-state index in [-0.39, 0.29) is 12.1 Å². The molecule has 5 fully saturated rings. The van der Waals surface area contributed by atoms with E-state index >= 15 is 0 Å². The first-order valence-corrected chi connectivity index (χ1v) is 13.0. The van der Waals surface area contributed by atoms with Crippen molar-refractivity contribution in [2.75, 3.05) is 17.2 Å². The molecule has 1 aromatic carbocycles. The molecule has 1 aliphatic heterocycles. The van der Waals surface area contributed by atoms with Gasteiger partial charge in [-0.05, 0) is 80.4 Å². The number of halogens is 2. The monoisotopic (exact) mass is 463 g/mol. The largest absolute Gasteiger partial charge is 0.330 e. The Morgan fingerprint density at radius 1 is 1.23 bits per heavy atom. The zero-order valence-corrected chi connectivity index (χ0v) is 19.8. The summed E-state index contributed by atoms with van der Waals surface area (Å²) in [7, 11) is 0. The van der Waals surface area contributed by atoms with Crippen LogP contribution in [0.3, 0.4) is 0 Å². The highest BCUT2D eigenvalue weighted by molar-refractivity contribution is 8.14. The van der Waals surface area contributed by atoms with Gasteiger partial charge in [0, 0.05) is 24.2 Å². The normalized spacial score (nSPS) is 35.2. The van der Waals surface area contributed by atoms with E-state index < -0.39 is 5.82 Å². The third kappa shape index (κ3) is 3.99. The summed E-state index contributed by atoms with van der Waals surface area (Å²) in [6.07, 6.45) is 7.52. The van der Waals surface area contributed by atoms with Crippen LogP contribution in [0.5, 0.6) is 0 Å². The third-order valence-electron chi connectivity index (χ3n) is 7.67. The van der Waals surface area contributed by atoms with Crippen molar-refractivity contribution in [1.29, 1.82) is 0 Å². The Hall–Kier alpha value is -1.27. The number of nitrogens with zero attached hydrogens (tertiary/aromatic N) is 3. The number of benzene rings is 1. The number of rotatable bonds is 5. The summed E-state index contributed by atoms with van der Waals surface area (Å²) in [4.78, 5) is 21.8. The highest BCUT2D eigenvalue weighted by Gasteiger charge is 2.49. The molecule has 4 saturated carbocycles. The van der Waals surface area contributed by atoms with Crippen LogP contribution in [-0.2, 0) is 4.79 Å². The number of hydrogen-bond donors (Lipinski definition) is 0. The first kappa shape index (κ1) is 21.6. The summed E-state index contributed by atoms with van der Waals surface area (Å²) >= 11 is 7.68. The zero-order valence-electron chi connectivity index (χ0n) is 18.3. The average Bonchev–Trinajstić information content (AvgIpc) is 3.08. The molecule has 0 N–H and O–H groups in total. The van der Waals surface area contributed by atoms with Gasteiger partial charge in [0.1, 0.15) is 12.0 Å². The maximum Gasteiger partial charge on any atom is 0.225 e. The lowest BCUT2D eigenvalue weighted by molar-refractivity contribution is -0.117. The van der Waals surface area contributed by atoms with Crippen LogP contribution < -0.4 is 4.90 Å². The van der Waals surface area contributed by atoms with Gasteiger partial charge in [0.2, 0.25) is 5.91 Å². The van der Waals surface area contributed by atoms with Crippen LogP contribution in [0.1, 0.15) is 52.4 Å². The highest BCUT2D eigenvalue weighted by atomic mass is 35.5. The first-order chi connectivity index (χ1) is 14.9. The number of amides is 1. The van der Waals surface area contributed by atoms with Crippen LogP contribution in [0.25, 0.3) is 0 Å².